The second-order valence-electron chi connectivity index (χ2n) is 4.93. The van der Waals surface area contributed by atoms with Gasteiger partial charge in [-0.3, -0.25) is 0 Å². The summed E-state index contributed by atoms with van der Waals surface area (Å²) in [6, 6.07) is 3.89. The minimum absolute atomic E-state index is 0.612. The third kappa shape index (κ3) is 2.66. The van der Waals surface area contributed by atoms with Gasteiger partial charge >= 0.3 is 0 Å². The van der Waals surface area contributed by atoms with Crippen molar-refractivity contribution in [2.24, 2.45) is 0 Å². The molecule has 3 rings (SSSR count). The molecule has 1 aliphatic heterocycles. The van der Waals surface area contributed by atoms with Crippen molar-refractivity contribution < 1.29 is 8.78 Å². The van der Waals surface area contributed by atoms with E-state index < -0.39 is 11.6 Å². The van der Waals surface area contributed by atoms with Crippen molar-refractivity contribution in [2.45, 2.75) is 0 Å². The van der Waals surface area contributed by atoms with Crippen molar-refractivity contribution in [1.29, 1.82) is 0 Å². The van der Waals surface area contributed by atoms with Gasteiger partial charge in [-0.05, 0) is 25.2 Å². The highest BCUT2D eigenvalue weighted by Crippen LogP contribution is 2.28. The molecular formula is C14H15F2N3S. The second kappa shape index (κ2) is 5.46. The Bertz CT molecular complexity index is 606. The Morgan fingerprint density at radius 2 is 1.85 bits per heavy atom. The molecule has 0 atom stereocenters. The van der Waals surface area contributed by atoms with E-state index in [2.05, 4.69) is 21.8 Å². The minimum atomic E-state index is -0.836. The van der Waals surface area contributed by atoms with Crippen LogP contribution in [0.2, 0.25) is 0 Å². The fraction of sp³-hybridized carbons (Fsp3) is 0.357. The Hall–Kier alpha value is -1.53. The summed E-state index contributed by atoms with van der Waals surface area (Å²) in [6.45, 7) is 3.92. The van der Waals surface area contributed by atoms with Crippen LogP contribution in [0.25, 0.3) is 11.3 Å². The third-order valence-corrected chi connectivity index (χ3v) is 4.38. The van der Waals surface area contributed by atoms with Gasteiger partial charge in [0.2, 0.25) is 0 Å². The van der Waals surface area contributed by atoms with Gasteiger partial charge in [0, 0.05) is 37.1 Å². The summed E-state index contributed by atoms with van der Waals surface area (Å²) >= 11 is 1.54. The van der Waals surface area contributed by atoms with E-state index in [0.29, 0.717) is 11.3 Å². The molecule has 0 aliphatic carbocycles. The number of thiazole rings is 1. The zero-order chi connectivity index (χ0) is 14.1. The molecule has 0 amide bonds. The van der Waals surface area contributed by atoms with E-state index in [9.17, 15) is 8.78 Å². The molecule has 0 saturated carbocycles. The van der Waals surface area contributed by atoms with Crippen LogP contribution in [0.4, 0.5) is 13.9 Å². The van der Waals surface area contributed by atoms with Crippen LogP contribution in [-0.4, -0.2) is 43.1 Å². The first kappa shape index (κ1) is 13.5. The van der Waals surface area contributed by atoms with Crippen LogP contribution in [-0.2, 0) is 0 Å². The van der Waals surface area contributed by atoms with Crippen molar-refractivity contribution in [1.82, 2.24) is 9.88 Å². The first-order chi connectivity index (χ1) is 9.63. The maximum absolute atomic E-state index is 13.3. The maximum atomic E-state index is 13.3. The zero-order valence-electron chi connectivity index (χ0n) is 11.1. The number of benzene rings is 1. The number of likely N-dealkylation sites (N-methyl/N-ethyl adjacent to an activating group) is 1. The number of hydrogen-bond donors (Lipinski definition) is 0. The summed E-state index contributed by atoms with van der Waals surface area (Å²) in [5.41, 5.74) is 1.31. The summed E-state index contributed by atoms with van der Waals surface area (Å²) in [6.07, 6.45) is 0. The number of nitrogens with zero attached hydrogens (tertiary/aromatic N) is 3. The predicted octanol–water partition coefficient (Wildman–Crippen LogP) is 2.84. The van der Waals surface area contributed by atoms with E-state index in [-0.39, 0.29) is 0 Å². The Kier molecular flexibility index (Phi) is 3.67. The topological polar surface area (TPSA) is 19.4 Å². The van der Waals surface area contributed by atoms with E-state index in [1.165, 1.54) is 6.07 Å². The first-order valence-electron chi connectivity index (χ1n) is 6.48. The molecule has 0 N–H and O–H groups in total. The third-order valence-electron chi connectivity index (χ3n) is 3.48. The van der Waals surface area contributed by atoms with E-state index >= 15 is 0 Å². The van der Waals surface area contributed by atoms with Crippen LogP contribution in [0, 0.1) is 11.6 Å². The van der Waals surface area contributed by atoms with Crippen molar-refractivity contribution in [3.05, 3.63) is 35.2 Å². The molecule has 2 aromatic rings. The molecule has 106 valence electrons. The van der Waals surface area contributed by atoms with Crippen LogP contribution in [0.1, 0.15) is 0 Å². The van der Waals surface area contributed by atoms with Gasteiger partial charge in [-0.25, -0.2) is 13.8 Å². The lowest BCUT2D eigenvalue weighted by atomic mass is 10.2. The average molecular weight is 295 g/mol. The molecule has 6 heteroatoms. The summed E-state index contributed by atoms with van der Waals surface area (Å²) in [4.78, 5) is 9.05. The van der Waals surface area contributed by atoms with Gasteiger partial charge in [0.1, 0.15) is 0 Å². The average Bonchev–Trinajstić information content (AvgIpc) is 2.92. The van der Waals surface area contributed by atoms with Gasteiger partial charge < -0.3 is 9.80 Å². The van der Waals surface area contributed by atoms with Crippen molar-refractivity contribution in [3.8, 4) is 11.3 Å². The van der Waals surface area contributed by atoms with Gasteiger partial charge in [0.15, 0.2) is 16.8 Å². The number of anilines is 1. The molecule has 0 bridgehead atoms. The molecule has 20 heavy (non-hydrogen) atoms. The van der Waals surface area contributed by atoms with Gasteiger partial charge in [0.25, 0.3) is 0 Å². The second-order valence-corrected chi connectivity index (χ2v) is 5.77. The number of rotatable bonds is 2. The van der Waals surface area contributed by atoms with E-state index in [1.807, 2.05) is 5.38 Å². The highest BCUT2D eigenvalue weighted by atomic mass is 32.1. The quantitative estimate of drug-likeness (QED) is 0.849. The largest absolute Gasteiger partial charge is 0.346 e. The first-order valence-corrected chi connectivity index (χ1v) is 7.36. The molecule has 1 saturated heterocycles. The number of hydrogen-bond acceptors (Lipinski definition) is 4. The predicted molar refractivity (Wildman–Crippen MR) is 77.2 cm³/mol. The zero-order valence-corrected chi connectivity index (χ0v) is 12.0. The highest BCUT2D eigenvalue weighted by Gasteiger charge is 2.17. The molecule has 1 aliphatic rings. The molecule has 0 unspecified atom stereocenters. The van der Waals surface area contributed by atoms with Gasteiger partial charge in [-0.2, -0.15) is 0 Å². The Morgan fingerprint density at radius 3 is 2.55 bits per heavy atom. The van der Waals surface area contributed by atoms with Crippen molar-refractivity contribution in [3.63, 3.8) is 0 Å². The molecule has 1 aromatic heterocycles. The molecule has 0 spiro atoms. The van der Waals surface area contributed by atoms with Crippen molar-refractivity contribution in [2.75, 3.05) is 38.1 Å². The fourth-order valence-electron chi connectivity index (χ4n) is 2.20. The highest BCUT2D eigenvalue weighted by molar-refractivity contribution is 7.14. The molecule has 3 nitrogen and oxygen atoms in total. The van der Waals surface area contributed by atoms with Gasteiger partial charge in [0.05, 0.1) is 5.69 Å². The molecule has 2 heterocycles. The summed E-state index contributed by atoms with van der Waals surface area (Å²) in [5, 5.41) is 2.83. The van der Waals surface area contributed by atoms with Crippen LogP contribution < -0.4 is 4.90 Å². The normalized spacial score (nSPS) is 16.6. The SMILES string of the molecule is CN1CCN(c2nc(-c3ccc(F)c(F)c3)cs2)CC1. The van der Waals surface area contributed by atoms with Crippen LogP contribution in [0.3, 0.4) is 0 Å². The maximum Gasteiger partial charge on any atom is 0.185 e. The summed E-state index contributed by atoms with van der Waals surface area (Å²) < 4.78 is 26.2. The van der Waals surface area contributed by atoms with Gasteiger partial charge in [-0.1, -0.05) is 0 Å². The van der Waals surface area contributed by atoms with Crippen LogP contribution in [0.15, 0.2) is 23.6 Å². The Morgan fingerprint density at radius 1 is 1.10 bits per heavy atom. The molecule has 0 radical (unpaired) electrons. The van der Waals surface area contributed by atoms with E-state index in [0.717, 1.165) is 37.4 Å². The Labute approximate surface area is 120 Å². The lowest BCUT2D eigenvalue weighted by Crippen LogP contribution is -2.44. The molecular weight excluding hydrogens is 280 g/mol. The standard InChI is InChI=1S/C14H15F2N3S/c1-18-4-6-19(7-5-18)14-17-13(9-20-14)10-2-3-11(15)12(16)8-10/h2-3,8-9H,4-7H2,1H3. The number of halogens is 2. The fourth-order valence-corrected chi connectivity index (χ4v) is 3.08. The lowest BCUT2D eigenvalue weighted by Gasteiger charge is -2.32. The minimum Gasteiger partial charge on any atom is -0.346 e. The van der Waals surface area contributed by atoms with E-state index in [4.69, 9.17) is 0 Å². The van der Waals surface area contributed by atoms with Crippen molar-refractivity contribution >= 4 is 16.5 Å². The lowest BCUT2D eigenvalue weighted by molar-refractivity contribution is 0.313. The van der Waals surface area contributed by atoms with Crippen LogP contribution in [0.5, 0.6) is 0 Å². The van der Waals surface area contributed by atoms with Crippen LogP contribution >= 0.6 is 11.3 Å². The molecule has 1 aromatic carbocycles. The number of aromatic nitrogens is 1. The Balaban J connectivity index is 1.81. The number of piperazine rings is 1. The smallest absolute Gasteiger partial charge is 0.185 e. The molecule has 1 fully saturated rings. The van der Waals surface area contributed by atoms with E-state index in [1.54, 1.807) is 17.4 Å². The van der Waals surface area contributed by atoms with Gasteiger partial charge in [-0.15, -0.1) is 11.3 Å². The monoisotopic (exact) mass is 295 g/mol. The summed E-state index contributed by atoms with van der Waals surface area (Å²) in [7, 11) is 2.10. The summed E-state index contributed by atoms with van der Waals surface area (Å²) in [5.74, 6) is -1.67.